The molecule has 2 aromatic carbocycles. The number of nitrogens with zero attached hydrogens (tertiary/aromatic N) is 5. The summed E-state index contributed by atoms with van der Waals surface area (Å²) < 4.78 is 97.6. The predicted octanol–water partition coefficient (Wildman–Crippen LogP) is 6.45. The third-order valence-electron chi connectivity index (χ3n) is 10.1. The van der Waals surface area contributed by atoms with Crippen LogP contribution in [0.1, 0.15) is 38.7 Å². The van der Waals surface area contributed by atoms with Gasteiger partial charge in [0.25, 0.3) is 0 Å². The minimum Gasteiger partial charge on any atom is -0.463 e. The topological polar surface area (TPSA) is 103 Å². The number of nitriles is 1. The fourth-order valence-corrected chi connectivity index (χ4v) is 8.64. The van der Waals surface area contributed by atoms with Crippen LogP contribution in [0.25, 0.3) is 32.1 Å². The summed E-state index contributed by atoms with van der Waals surface area (Å²) in [6, 6.07) is 3.24. The van der Waals surface area contributed by atoms with Crippen LogP contribution in [0.15, 0.2) is 12.1 Å². The van der Waals surface area contributed by atoms with E-state index in [1.807, 2.05) is 11.8 Å². The maximum absolute atomic E-state index is 16.8. The van der Waals surface area contributed by atoms with Crippen molar-refractivity contribution >= 4 is 43.1 Å². The minimum absolute atomic E-state index is 0.00186. The number of rotatable bonds is 7. The Labute approximate surface area is 276 Å². The normalized spacial score (nSPS) is 24.6. The van der Waals surface area contributed by atoms with Gasteiger partial charge in [-0.3, -0.25) is 0 Å². The van der Waals surface area contributed by atoms with Crippen LogP contribution >= 0.6 is 11.3 Å². The zero-order valence-electron chi connectivity index (χ0n) is 26.2. The van der Waals surface area contributed by atoms with Gasteiger partial charge in [0.2, 0.25) is 6.43 Å². The second-order valence-corrected chi connectivity index (χ2v) is 14.3. The fraction of sp³-hybridized carbons (Fsp3) is 0.485. The number of nitrogens with two attached hydrogens (primary N) is 1. The molecule has 4 atom stereocenters. The molecule has 8 nitrogen and oxygen atoms in total. The summed E-state index contributed by atoms with van der Waals surface area (Å²) in [4.78, 5) is 12.8. The van der Waals surface area contributed by atoms with Crippen LogP contribution in [0.3, 0.4) is 0 Å². The number of fused-ring (bicyclic) bond motifs is 4. The number of hydrogen-bond acceptors (Lipinski definition) is 9. The Hall–Kier alpha value is -3.87. The summed E-state index contributed by atoms with van der Waals surface area (Å²) in [5.74, 6) is -5.54. The lowest BCUT2D eigenvalue weighted by molar-refractivity contribution is -0.0721. The second kappa shape index (κ2) is 12.2. The van der Waals surface area contributed by atoms with Gasteiger partial charge in [-0.1, -0.05) is 13.8 Å². The van der Waals surface area contributed by atoms with Gasteiger partial charge >= 0.3 is 6.01 Å². The van der Waals surface area contributed by atoms with Crippen molar-refractivity contribution in [1.29, 1.82) is 5.26 Å². The van der Waals surface area contributed by atoms with Gasteiger partial charge in [-0.25, -0.2) is 26.3 Å². The summed E-state index contributed by atoms with van der Waals surface area (Å²) in [6.45, 7) is 5.98. The van der Waals surface area contributed by atoms with E-state index in [-0.39, 0.29) is 63.0 Å². The number of benzene rings is 2. The number of likely N-dealkylation sites (tertiary alicyclic amines) is 1. The van der Waals surface area contributed by atoms with Crippen molar-refractivity contribution in [2.45, 2.75) is 51.6 Å². The highest BCUT2D eigenvalue weighted by Gasteiger charge is 2.45. The summed E-state index contributed by atoms with van der Waals surface area (Å²) in [6.07, 6.45) is -0.498. The first-order chi connectivity index (χ1) is 22.9. The number of nitrogen functional groups attached to an aromatic ring is 1. The number of piperidine rings is 1. The molecule has 3 N–H and O–H groups in total. The molecule has 3 saturated heterocycles. The van der Waals surface area contributed by atoms with Crippen LogP contribution < -0.4 is 20.7 Å². The molecule has 254 valence electrons. The molecule has 4 aromatic rings. The zero-order valence-corrected chi connectivity index (χ0v) is 27.0. The van der Waals surface area contributed by atoms with E-state index < -0.39 is 57.7 Å². The van der Waals surface area contributed by atoms with Crippen LogP contribution in [0.4, 0.5) is 37.2 Å². The highest BCUT2D eigenvalue weighted by atomic mass is 32.1. The van der Waals surface area contributed by atoms with Crippen molar-refractivity contribution in [3.63, 3.8) is 0 Å². The quantitative estimate of drug-likeness (QED) is 0.214. The second-order valence-electron chi connectivity index (χ2n) is 13.2. The molecule has 48 heavy (non-hydrogen) atoms. The first-order valence-electron chi connectivity index (χ1n) is 15.9. The minimum atomic E-state index is -2.59. The van der Waals surface area contributed by atoms with Crippen molar-refractivity contribution in [3.05, 3.63) is 41.0 Å². The van der Waals surface area contributed by atoms with Gasteiger partial charge in [-0.15, -0.1) is 11.3 Å². The van der Waals surface area contributed by atoms with Crippen molar-refractivity contribution < 1.29 is 31.1 Å². The molecule has 3 fully saturated rings. The van der Waals surface area contributed by atoms with E-state index in [0.29, 0.717) is 50.1 Å². The molecule has 5 heterocycles. The number of nitrogens with one attached hydrogen (secondary N) is 1. The SMILES string of the molecule is CCN1CC[C@H](C(F)F)[C@](C)(COc2nc(N3C[C@H]4CC[C@@H](C3)N4)c3cc(F)c(-c4c(F)cc(F)c5sc(N)c(C#N)c45)c(F)c3n2)C1. The number of alkyl halides is 2. The molecule has 3 aliphatic heterocycles. The van der Waals surface area contributed by atoms with Crippen LogP contribution in [0.2, 0.25) is 0 Å². The van der Waals surface area contributed by atoms with E-state index in [2.05, 4.69) is 20.2 Å². The lowest BCUT2D eigenvalue weighted by Gasteiger charge is -2.45. The molecular weight excluding hydrogens is 656 g/mol. The predicted molar refractivity (Wildman–Crippen MR) is 171 cm³/mol. The van der Waals surface area contributed by atoms with Gasteiger partial charge in [0, 0.05) is 65.5 Å². The number of aromatic nitrogens is 2. The molecule has 0 aliphatic carbocycles. The summed E-state index contributed by atoms with van der Waals surface area (Å²) in [5.41, 5.74) is 2.71. The first kappa shape index (κ1) is 32.7. The van der Waals surface area contributed by atoms with Crippen molar-refractivity contribution in [1.82, 2.24) is 20.2 Å². The van der Waals surface area contributed by atoms with E-state index in [0.717, 1.165) is 18.9 Å². The number of halogens is 6. The van der Waals surface area contributed by atoms with Crippen LogP contribution in [-0.4, -0.2) is 72.7 Å². The summed E-state index contributed by atoms with van der Waals surface area (Å²) in [7, 11) is 0. The lowest BCUT2D eigenvalue weighted by atomic mass is 9.73. The number of anilines is 2. The Bertz CT molecular complexity index is 1960. The fourth-order valence-electron chi connectivity index (χ4n) is 7.70. The van der Waals surface area contributed by atoms with Gasteiger partial charge in [-0.05, 0) is 38.4 Å². The smallest absolute Gasteiger partial charge is 0.319 e. The highest BCUT2D eigenvalue weighted by Crippen LogP contribution is 2.46. The van der Waals surface area contributed by atoms with Gasteiger partial charge in [0.05, 0.1) is 22.4 Å². The van der Waals surface area contributed by atoms with Crippen molar-refractivity contribution in [2.24, 2.45) is 11.3 Å². The van der Waals surface area contributed by atoms with Crippen LogP contribution in [-0.2, 0) is 0 Å². The average molecular weight is 690 g/mol. The Balaban J connectivity index is 1.40. The molecule has 7 rings (SSSR count). The van der Waals surface area contributed by atoms with Crippen LogP contribution in [0.5, 0.6) is 6.01 Å². The Kier molecular flexibility index (Phi) is 8.32. The monoisotopic (exact) mass is 689 g/mol. The lowest BCUT2D eigenvalue weighted by Crippen LogP contribution is -2.52. The number of hydrogen-bond donors (Lipinski definition) is 2. The standard InChI is InChI=1S/C33H33F6N7OS/c1-3-45-7-6-19(29(38)39)33(2,13-45)14-47-32-43-27-17(31(44-32)46-11-15-4-5-16(12-46)42-15)8-20(34)25(26(27)37)24-21(35)9-22(36)28-23(24)18(10-40)30(41)48-28/h8-9,15-16,19,29,42H,3-7,11-14,41H2,1-2H3/t15-,16+,19-,33+/m1/s1. The van der Waals surface area contributed by atoms with Crippen molar-refractivity contribution in [2.75, 3.05) is 50.0 Å². The van der Waals surface area contributed by atoms with E-state index in [1.165, 1.54) is 0 Å². The molecule has 0 radical (unpaired) electrons. The summed E-state index contributed by atoms with van der Waals surface area (Å²) in [5, 5.41) is 12.8. The Morgan fingerprint density at radius 1 is 1.08 bits per heavy atom. The van der Waals surface area contributed by atoms with Gasteiger partial charge in [0.1, 0.15) is 39.9 Å². The first-order valence-corrected chi connectivity index (χ1v) is 16.7. The summed E-state index contributed by atoms with van der Waals surface area (Å²) >= 11 is 0.670. The molecule has 0 unspecified atom stereocenters. The third-order valence-corrected chi connectivity index (χ3v) is 11.2. The molecule has 2 bridgehead atoms. The molecule has 0 saturated carbocycles. The Morgan fingerprint density at radius 3 is 2.46 bits per heavy atom. The number of ether oxygens (including phenoxy) is 1. The average Bonchev–Trinajstić information content (AvgIpc) is 3.57. The molecule has 2 aromatic heterocycles. The van der Waals surface area contributed by atoms with Gasteiger partial charge < -0.3 is 25.6 Å². The van der Waals surface area contributed by atoms with E-state index >= 15 is 13.2 Å². The number of thiophene rings is 1. The maximum Gasteiger partial charge on any atom is 0.319 e. The molecule has 15 heteroatoms. The van der Waals surface area contributed by atoms with E-state index in [9.17, 15) is 18.4 Å². The van der Waals surface area contributed by atoms with Crippen molar-refractivity contribution in [3.8, 4) is 23.2 Å². The maximum atomic E-state index is 16.8. The third kappa shape index (κ3) is 5.38. The zero-order chi connectivity index (χ0) is 34.1. The highest BCUT2D eigenvalue weighted by molar-refractivity contribution is 7.23. The van der Waals surface area contributed by atoms with E-state index in [4.69, 9.17) is 10.5 Å². The molecular formula is C33H33F6N7OS. The van der Waals surface area contributed by atoms with Gasteiger partial charge in [-0.2, -0.15) is 15.2 Å². The largest absolute Gasteiger partial charge is 0.463 e. The number of piperazine rings is 1. The molecule has 0 spiro atoms. The molecule has 0 amide bonds. The van der Waals surface area contributed by atoms with Gasteiger partial charge in [0.15, 0.2) is 5.82 Å². The Morgan fingerprint density at radius 2 is 1.79 bits per heavy atom. The molecule has 3 aliphatic rings. The van der Waals surface area contributed by atoms with Crippen LogP contribution in [0, 0.1) is 45.9 Å². The van der Waals surface area contributed by atoms with E-state index in [1.54, 1.807) is 13.0 Å².